The van der Waals surface area contributed by atoms with Crippen LogP contribution in [0.2, 0.25) is 0 Å². The van der Waals surface area contributed by atoms with E-state index in [-0.39, 0.29) is 30.0 Å². The van der Waals surface area contributed by atoms with Crippen molar-refractivity contribution in [2.75, 3.05) is 12.4 Å². The van der Waals surface area contributed by atoms with Gasteiger partial charge in [-0.05, 0) is 66.2 Å². The van der Waals surface area contributed by atoms with E-state index in [2.05, 4.69) is 10.6 Å². The first kappa shape index (κ1) is 22.6. The van der Waals surface area contributed by atoms with Gasteiger partial charge < -0.3 is 24.4 Å². The second-order valence-corrected chi connectivity index (χ2v) is 7.53. The van der Waals surface area contributed by atoms with Gasteiger partial charge in [0, 0.05) is 30.4 Å². The van der Waals surface area contributed by atoms with Gasteiger partial charge in [-0.25, -0.2) is 0 Å². The number of anilines is 1. The van der Waals surface area contributed by atoms with Crippen molar-refractivity contribution in [2.45, 2.75) is 13.1 Å². The Morgan fingerprint density at radius 3 is 2.06 bits per heavy atom. The van der Waals surface area contributed by atoms with Crippen molar-refractivity contribution in [3.05, 3.63) is 114 Å². The third-order valence-electron chi connectivity index (χ3n) is 5.17. The SMILES string of the molecule is CNC(=O)c1ccc(CN(Cc2ccco2)C(=O)c2ccc(NC(=O)c3ccco3)cc2)cc1. The molecule has 0 bridgehead atoms. The summed E-state index contributed by atoms with van der Waals surface area (Å²) in [5.41, 5.74) is 2.42. The van der Waals surface area contributed by atoms with E-state index >= 15 is 0 Å². The van der Waals surface area contributed by atoms with E-state index in [1.807, 2.05) is 18.2 Å². The first-order chi connectivity index (χ1) is 16.5. The predicted molar refractivity (Wildman–Crippen MR) is 125 cm³/mol. The Bertz CT molecular complexity index is 1250. The zero-order valence-corrected chi connectivity index (χ0v) is 18.5. The highest BCUT2D eigenvalue weighted by atomic mass is 16.3. The molecule has 0 aliphatic carbocycles. The Kier molecular flexibility index (Phi) is 6.88. The fraction of sp³-hybridized carbons (Fsp3) is 0.115. The second kappa shape index (κ2) is 10.4. The average molecular weight is 457 g/mol. The van der Waals surface area contributed by atoms with Crippen LogP contribution in [0, 0.1) is 0 Å². The normalized spacial score (nSPS) is 10.5. The van der Waals surface area contributed by atoms with E-state index in [4.69, 9.17) is 8.83 Å². The molecule has 4 rings (SSSR count). The van der Waals surface area contributed by atoms with Gasteiger partial charge in [-0.2, -0.15) is 0 Å². The Morgan fingerprint density at radius 2 is 1.44 bits per heavy atom. The van der Waals surface area contributed by atoms with E-state index in [9.17, 15) is 14.4 Å². The number of furan rings is 2. The molecule has 2 heterocycles. The van der Waals surface area contributed by atoms with E-state index in [1.165, 1.54) is 6.26 Å². The highest BCUT2D eigenvalue weighted by molar-refractivity contribution is 6.02. The van der Waals surface area contributed by atoms with E-state index in [0.717, 1.165) is 5.56 Å². The lowest BCUT2D eigenvalue weighted by molar-refractivity contribution is 0.0717. The molecule has 34 heavy (non-hydrogen) atoms. The summed E-state index contributed by atoms with van der Waals surface area (Å²) in [6.07, 6.45) is 2.99. The molecular formula is C26H23N3O5. The van der Waals surface area contributed by atoms with Crippen LogP contribution < -0.4 is 10.6 Å². The highest BCUT2D eigenvalue weighted by Gasteiger charge is 2.19. The summed E-state index contributed by atoms with van der Waals surface area (Å²) in [5, 5.41) is 5.32. The number of nitrogens with one attached hydrogen (secondary N) is 2. The van der Waals surface area contributed by atoms with Crippen LogP contribution in [0.5, 0.6) is 0 Å². The molecule has 0 radical (unpaired) electrons. The summed E-state index contributed by atoms with van der Waals surface area (Å²) in [7, 11) is 1.58. The van der Waals surface area contributed by atoms with Gasteiger partial charge in [0.15, 0.2) is 5.76 Å². The Balaban J connectivity index is 1.49. The molecule has 2 aromatic carbocycles. The highest BCUT2D eigenvalue weighted by Crippen LogP contribution is 2.18. The van der Waals surface area contributed by atoms with Gasteiger partial charge in [-0.1, -0.05) is 12.1 Å². The molecule has 2 N–H and O–H groups in total. The van der Waals surface area contributed by atoms with Crippen molar-refractivity contribution < 1.29 is 23.2 Å². The molecule has 0 atom stereocenters. The third kappa shape index (κ3) is 5.42. The van der Waals surface area contributed by atoms with Crippen molar-refractivity contribution in [3.8, 4) is 0 Å². The lowest BCUT2D eigenvalue weighted by atomic mass is 10.1. The largest absolute Gasteiger partial charge is 0.467 e. The Morgan fingerprint density at radius 1 is 0.765 bits per heavy atom. The van der Waals surface area contributed by atoms with Crippen molar-refractivity contribution in [1.82, 2.24) is 10.2 Å². The maximum absolute atomic E-state index is 13.3. The maximum Gasteiger partial charge on any atom is 0.291 e. The van der Waals surface area contributed by atoms with Crippen LogP contribution in [0.25, 0.3) is 0 Å². The van der Waals surface area contributed by atoms with Gasteiger partial charge in [0.25, 0.3) is 17.7 Å². The topological polar surface area (TPSA) is 105 Å². The van der Waals surface area contributed by atoms with E-state index in [1.54, 1.807) is 72.8 Å². The number of carbonyl (C=O) groups excluding carboxylic acids is 3. The van der Waals surface area contributed by atoms with Crippen LogP contribution in [0.4, 0.5) is 5.69 Å². The first-order valence-corrected chi connectivity index (χ1v) is 10.6. The molecule has 0 aliphatic rings. The van der Waals surface area contributed by atoms with Crippen molar-refractivity contribution in [2.24, 2.45) is 0 Å². The number of amides is 3. The molecule has 0 fully saturated rings. The van der Waals surface area contributed by atoms with Gasteiger partial charge in [-0.15, -0.1) is 0 Å². The van der Waals surface area contributed by atoms with Gasteiger partial charge in [-0.3, -0.25) is 14.4 Å². The van der Waals surface area contributed by atoms with E-state index < -0.39 is 0 Å². The monoisotopic (exact) mass is 457 g/mol. The lowest BCUT2D eigenvalue weighted by Crippen LogP contribution is -2.30. The quantitative estimate of drug-likeness (QED) is 0.410. The molecule has 8 nitrogen and oxygen atoms in total. The maximum atomic E-state index is 13.3. The molecule has 0 spiro atoms. The minimum Gasteiger partial charge on any atom is -0.467 e. The van der Waals surface area contributed by atoms with Crippen LogP contribution in [-0.4, -0.2) is 29.7 Å². The van der Waals surface area contributed by atoms with Gasteiger partial charge in [0.05, 0.1) is 19.1 Å². The Hall–Kier alpha value is -4.59. The molecule has 0 unspecified atom stereocenters. The molecule has 0 aliphatic heterocycles. The molecule has 0 saturated heterocycles. The zero-order chi connectivity index (χ0) is 23.9. The predicted octanol–water partition coefficient (Wildman–Crippen LogP) is 4.33. The number of benzene rings is 2. The van der Waals surface area contributed by atoms with Gasteiger partial charge in [0.1, 0.15) is 5.76 Å². The summed E-state index contributed by atoms with van der Waals surface area (Å²) in [5.74, 6) is 0.110. The summed E-state index contributed by atoms with van der Waals surface area (Å²) < 4.78 is 10.5. The second-order valence-electron chi connectivity index (χ2n) is 7.53. The summed E-state index contributed by atoms with van der Waals surface area (Å²) >= 11 is 0. The fourth-order valence-corrected chi connectivity index (χ4v) is 3.40. The van der Waals surface area contributed by atoms with Crippen LogP contribution >= 0.6 is 0 Å². The van der Waals surface area contributed by atoms with Crippen molar-refractivity contribution in [1.29, 1.82) is 0 Å². The average Bonchev–Trinajstić information content (AvgIpc) is 3.58. The summed E-state index contributed by atoms with van der Waals surface area (Å²) in [6, 6.07) is 20.5. The number of rotatable bonds is 8. The molecule has 172 valence electrons. The lowest BCUT2D eigenvalue weighted by Gasteiger charge is -2.22. The Labute approximate surface area is 196 Å². The molecule has 2 aromatic heterocycles. The zero-order valence-electron chi connectivity index (χ0n) is 18.5. The molecular weight excluding hydrogens is 434 g/mol. The van der Waals surface area contributed by atoms with E-state index in [0.29, 0.717) is 29.1 Å². The van der Waals surface area contributed by atoms with Crippen molar-refractivity contribution in [3.63, 3.8) is 0 Å². The number of carbonyl (C=O) groups is 3. The number of nitrogens with zero attached hydrogens (tertiary/aromatic N) is 1. The van der Waals surface area contributed by atoms with Gasteiger partial charge in [0.2, 0.25) is 0 Å². The van der Waals surface area contributed by atoms with Crippen LogP contribution in [0.1, 0.15) is 42.6 Å². The minimum atomic E-state index is -0.372. The molecule has 8 heteroatoms. The standard InChI is InChI=1S/C26H23N3O5/c1-27-24(30)19-8-6-18(7-9-19)16-29(17-22-4-2-14-33-22)26(32)20-10-12-21(13-11-20)28-25(31)23-5-3-15-34-23/h2-15H,16-17H2,1H3,(H,27,30)(H,28,31). The summed E-state index contributed by atoms with van der Waals surface area (Å²) in [4.78, 5) is 38.9. The number of hydrogen-bond acceptors (Lipinski definition) is 5. The van der Waals surface area contributed by atoms with Crippen LogP contribution in [-0.2, 0) is 13.1 Å². The third-order valence-corrected chi connectivity index (χ3v) is 5.17. The van der Waals surface area contributed by atoms with Crippen molar-refractivity contribution >= 4 is 23.4 Å². The summed E-state index contributed by atoms with van der Waals surface area (Å²) in [6.45, 7) is 0.602. The number of hydrogen-bond donors (Lipinski definition) is 2. The van der Waals surface area contributed by atoms with Crippen LogP contribution in [0.3, 0.4) is 0 Å². The molecule has 0 saturated carbocycles. The van der Waals surface area contributed by atoms with Crippen LogP contribution in [0.15, 0.2) is 94.2 Å². The minimum absolute atomic E-state index is 0.172. The fourth-order valence-electron chi connectivity index (χ4n) is 3.40. The van der Waals surface area contributed by atoms with Gasteiger partial charge >= 0.3 is 0 Å². The smallest absolute Gasteiger partial charge is 0.291 e. The molecule has 3 amide bonds. The molecule has 4 aromatic rings. The first-order valence-electron chi connectivity index (χ1n) is 10.6.